The van der Waals surface area contributed by atoms with Crippen molar-refractivity contribution in [2.24, 2.45) is 0 Å². The number of ether oxygens (including phenoxy) is 1. The second-order valence-electron chi connectivity index (χ2n) is 7.48. The molecule has 5 rings (SSSR count). The quantitative estimate of drug-likeness (QED) is 0.332. The number of rotatable bonds is 7. The van der Waals surface area contributed by atoms with Gasteiger partial charge in [0.1, 0.15) is 5.75 Å². The van der Waals surface area contributed by atoms with Crippen LogP contribution >= 0.6 is 11.8 Å². The van der Waals surface area contributed by atoms with Gasteiger partial charge >= 0.3 is 0 Å². The Hall–Kier alpha value is -4.17. The van der Waals surface area contributed by atoms with E-state index < -0.39 is 0 Å². The van der Waals surface area contributed by atoms with E-state index in [-0.39, 0.29) is 11.7 Å². The molecule has 0 saturated heterocycles. The molecule has 34 heavy (non-hydrogen) atoms. The summed E-state index contributed by atoms with van der Waals surface area (Å²) in [5.41, 5.74) is 5.41. The lowest BCUT2D eigenvalue weighted by molar-refractivity contribution is -0.113. The summed E-state index contributed by atoms with van der Waals surface area (Å²) >= 11 is 1.28. The highest BCUT2D eigenvalue weighted by Crippen LogP contribution is 2.25. The van der Waals surface area contributed by atoms with Crippen molar-refractivity contribution < 1.29 is 9.53 Å². The number of hydrogen-bond donors (Lipinski definition) is 1. The van der Waals surface area contributed by atoms with Gasteiger partial charge in [0.15, 0.2) is 5.65 Å². The maximum absolute atomic E-state index is 12.4. The van der Waals surface area contributed by atoms with E-state index in [2.05, 4.69) is 51.9 Å². The maximum Gasteiger partial charge on any atom is 0.234 e. The van der Waals surface area contributed by atoms with Crippen LogP contribution in [0.2, 0.25) is 0 Å². The molecular formula is C26H21N5O2S. The Morgan fingerprint density at radius 1 is 0.882 bits per heavy atom. The average molecular weight is 468 g/mol. The van der Waals surface area contributed by atoms with Gasteiger partial charge in [0.25, 0.3) is 0 Å². The highest BCUT2D eigenvalue weighted by Gasteiger charge is 2.12. The number of methoxy groups -OCH3 is 1. The van der Waals surface area contributed by atoms with E-state index in [4.69, 9.17) is 9.84 Å². The fraction of sp³-hybridized carbons (Fsp3) is 0.0769. The standard InChI is InChI=1S/C26H21N5O2S/c1-33-22-9-5-8-21(16-22)27-25(32)17-34-26-29-28-24-15-14-23(30-31(24)26)20-12-10-19(11-13-20)18-6-3-2-4-7-18/h2-16H,17H2,1H3,(H,27,32). The molecule has 0 saturated carbocycles. The molecule has 0 fully saturated rings. The van der Waals surface area contributed by atoms with E-state index in [0.29, 0.717) is 22.2 Å². The number of amides is 1. The summed E-state index contributed by atoms with van der Waals surface area (Å²) < 4.78 is 6.86. The predicted octanol–water partition coefficient (Wildman–Crippen LogP) is 5.20. The van der Waals surface area contributed by atoms with Gasteiger partial charge in [0.2, 0.25) is 11.1 Å². The third-order valence-electron chi connectivity index (χ3n) is 5.21. The van der Waals surface area contributed by atoms with Gasteiger partial charge in [0, 0.05) is 17.3 Å². The van der Waals surface area contributed by atoms with Crippen LogP contribution in [0.15, 0.2) is 96.2 Å². The van der Waals surface area contributed by atoms with Gasteiger partial charge in [-0.05, 0) is 35.4 Å². The van der Waals surface area contributed by atoms with Crippen LogP contribution in [0, 0.1) is 0 Å². The summed E-state index contributed by atoms with van der Waals surface area (Å²) in [5, 5.41) is 16.5. The Balaban J connectivity index is 1.30. The molecule has 2 heterocycles. The normalized spacial score (nSPS) is 10.9. The fourth-order valence-corrected chi connectivity index (χ4v) is 4.19. The van der Waals surface area contributed by atoms with Crippen molar-refractivity contribution in [1.82, 2.24) is 19.8 Å². The molecule has 0 aliphatic heterocycles. The number of anilines is 1. The molecule has 0 radical (unpaired) electrons. The maximum atomic E-state index is 12.4. The predicted molar refractivity (Wildman–Crippen MR) is 134 cm³/mol. The van der Waals surface area contributed by atoms with Gasteiger partial charge in [-0.3, -0.25) is 4.79 Å². The molecule has 0 atom stereocenters. The molecule has 0 aliphatic rings. The first-order valence-electron chi connectivity index (χ1n) is 10.6. The lowest BCUT2D eigenvalue weighted by atomic mass is 10.0. The van der Waals surface area contributed by atoms with Crippen molar-refractivity contribution in [2.45, 2.75) is 5.16 Å². The first-order valence-corrected chi connectivity index (χ1v) is 11.6. The molecule has 2 aromatic heterocycles. The molecule has 1 amide bonds. The van der Waals surface area contributed by atoms with Crippen LogP contribution in [0.3, 0.4) is 0 Å². The molecular weight excluding hydrogens is 446 g/mol. The topological polar surface area (TPSA) is 81.4 Å². The van der Waals surface area contributed by atoms with Gasteiger partial charge in [0.05, 0.1) is 18.6 Å². The van der Waals surface area contributed by atoms with E-state index >= 15 is 0 Å². The van der Waals surface area contributed by atoms with Crippen molar-refractivity contribution in [3.63, 3.8) is 0 Å². The zero-order valence-corrected chi connectivity index (χ0v) is 19.2. The second kappa shape index (κ2) is 9.76. The summed E-state index contributed by atoms with van der Waals surface area (Å²) in [6, 6.07) is 29.5. The van der Waals surface area contributed by atoms with Crippen molar-refractivity contribution >= 4 is 29.0 Å². The Morgan fingerprint density at radius 3 is 2.44 bits per heavy atom. The van der Waals surface area contributed by atoms with E-state index in [0.717, 1.165) is 16.8 Å². The highest BCUT2D eigenvalue weighted by molar-refractivity contribution is 7.99. The second-order valence-corrected chi connectivity index (χ2v) is 8.43. The minimum atomic E-state index is -0.150. The Labute approximate surface area is 200 Å². The molecule has 0 spiro atoms. The SMILES string of the molecule is COc1cccc(NC(=O)CSc2nnc3ccc(-c4ccc(-c5ccccc5)cc4)nn23)c1. The van der Waals surface area contributed by atoms with Crippen molar-refractivity contribution in [2.75, 3.05) is 18.2 Å². The number of carbonyl (C=O) groups excluding carboxylic acids is 1. The van der Waals surface area contributed by atoms with E-state index in [1.54, 1.807) is 17.7 Å². The van der Waals surface area contributed by atoms with Gasteiger partial charge in [-0.15, -0.1) is 10.2 Å². The molecule has 0 unspecified atom stereocenters. The van der Waals surface area contributed by atoms with Gasteiger partial charge in [-0.1, -0.05) is 72.4 Å². The Bertz CT molecular complexity index is 1440. The smallest absolute Gasteiger partial charge is 0.234 e. The van der Waals surface area contributed by atoms with Crippen molar-refractivity contribution in [1.29, 1.82) is 0 Å². The number of aromatic nitrogens is 4. The van der Waals surface area contributed by atoms with Crippen LogP contribution in [0.1, 0.15) is 0 Å². The summed E-state index contributed by atoms with van der Waals surface area (Å²) in [4.78, 5) is 12.4. The number of fused-ring (bicyclic) bond motifs is 1. The van der Waals surface area contributed by atoms with Crippen molar-refractivity contribution in [3.8, 4) is 28.1 Å². The first-order chi connectivity index (χ1) is 16.7. The molecule has 1 N–H and O–H groups in total. The first kappa shape index (κ1) is 21.7. The molecule has 0 aliphatic carbocycles. The monoisotopic (exact) mass is 467 g/mol. The van der Waals surface area contributed by atoms with E-state index in [1.165, 1.54) is 17.3 Å². The third kappa shape index (κ3) is 4.77. The number of thioether (sulfide) groups is 1. The largest absolute Gasteiger partial charge is 0.497 e. The summed E-state index contributed by atoms with van der Waals surface area (Å²) in [7, 11) is 1.59. The summed E-state index contributed by atoms with van der Waals surface area (Å²) in [5.74, 6) is 0.709. The molecule has 8 heteroatoms. The van der Waals surface area contributed by atoms with Crippen LogP contribution in [0.4, 0.5) is 5.69 Å². The van der Waals surface area contributed by atoms with Crippen LogP contribution in [0.5, 0.6) is 5.75 Å². The van der Waals surface area contributed by atoms with Crippen molar-refractivity contribution in [3.05, 3.63) is 91.0 Å². The van der Waals surface area contributed by atoms with E-state index in [1.807, 2.05) is 48.5 Å². The number of carbonyl (C=O) groups is 1. The third-order valence-corrected chi connectivity index (χ3v) is 6.13. The minimum absolute atomic E-state index is 0.150. The summed E-state index contributed by atoms with van der Waals surface area (Å²) in [6.07, 6.45) is 0. The minimum Gasteiger partial charge on any atom is -0.497 e. The average Bonchev–Trinajstić information content (AvgIpc) is 3.30. The molecule has 168 valence electrons. The van der Waals surface area contributed by atoms with Crippen LogP contribution < -0.4 is 10.1 Å². The lowest BCUT2D eigenvalue weighted by Crippen LogP contribution is -2.14. The van der Waals surface area contributed by atoms with E-state index in [9.17, 15) is 4.79 Å². The highest BCUT2D eigenvalue weighted by atomic mass is 32.2. The molecule has 5 aromatic rings. The van der Waals surface area contributed by atoms with Gasteiger partial charge < -0.3 is 10.1 Å². The number of benzene rings is 3. The summed E-state index contributed by atoms with van der Waals surface area (Å²) in [6.45, 7) is 0. The zero-order chi connectivity index (χ0) is 23.3. The number of hydrogen-bond acceptors (Lipinski definition) is 6. The Kier molecular flexibility index (Phi) is 6.22. The molecule has 0 bridgehead atoms. The Morgan fingerprint density at radius 2 is 1.65 bits per heavy atom. The van der Waals surface area contributed by atoms with Crippen LogP contribution in [-0.4, -0.2) is 38.6 Å². The molecule has 7 nitrogen and oxygen atoms in total. The van der Waals surface area contributed by atoms with Crippen LogP contribution in [-0.2, 0) is 4.79 Å². The zero-order valence-electron chi connectivity index (χ0n) is 18.4. The number of nitrogens with one attached hydrogen (secondary N) is 1. The van der Waals surface area contributed by atoms with Gasteiger partial charge in [-0.2, -0.15) is 9.61 Å². The van der Waals surface area contributed by atoms with Gasteiger partial charge in [-0.25, -0.2) is 0 Å². The lowest BCUT2D eigenvalue weighted by Gasteiger charge is -2.07. The fourth-order valence-electron chi connectivity index (χ4n) is 3.51. The number of nitrogens with zero attached hydrogens (tertiary/aromatic N) is 4. The molecule has 3 aromatic carbocycles. The van der Waals surface area contributed by atoms with Crippen LogP contribution in [0.25, 0.3) is 28.0 Å².